The molecule has 1 aliphatic rings. The average Bonchev–Trinajstić information content (AvgIpc) is 2.48. The maximum absolute atomic E-state index is 12.0. The van der Waals surface area contributed by atoms with E-state index in [0.29, 0.717) is 6.42 Å². The van der Waals surface area contributed by atoms with Gasteiger partial charge in [0.25, 0.3) is 0 Å². The summed E-state index contributed by atoms with van der Waals surface area (Å²) in [5.41, 5.74) is 1.05. The Bertz CT molecular complexity index is 454. The summed E-state index contributed by atoms with van der Waals surface area (Å²) in [6, 6.07) is 8.89. The lowest BCUT2D eigenvalue weighted by Crippen LogP contribution is -2.59. The number of nitrogens with one attached hydrogen (secondary N) is 3. The van der Waals surface area contributed by atoms with E-state index < -0.39 is 6.04 Å². The smallest absolute Gasteiger partial charge is 0.239 e. The molecule has 2 amide bonds. The summed E-state index contributed by atoms with van der Waals surface area (Å²) in [5, 5.41) is 17.7. The van der Waals surface area contributed by atoms with E-state index in [9.17, 15) is 14.7 Å². The van der Waals surface area contributed by atoms with Crippen LogP contribution in [-0.2, 0) is 16.0 Å². The highest BCUT2D eigenvalue weighted by molar-refractivity contribution is 5.86. The van der Waals surface area contributed by atoms with Crippen molar-refractivity contribution in [3.63, 3.8) is 0 Å². The summed E-state index contributed by atoms with van der Waals surface area (Å²) in [4.78, 5) is 23.0. The molecule has 0 bridgehead atoms. The standard InChI is InChI=1S/C14H19N3O3/c18-9-11(6-10-4-2-1-3-5-10)17-14(20)12-7-16-13(19)8-15-12/h1-5,11-12,15,18H,6-9H2,(H,16,19)(H,17,20)/t11-,12?/m0/s1. The Morgan fingerprint density at radius 3 is 2.75 bits per heavy atom. The van der Waals surface area contributed by atoms with Crippen molar-refractivity contribution in [2.75, 3.05) is 19.7 Å². The number of hydrogen-bond acceptors (Lipinski definition) is 4. The van der Waals surface area contributed by atoms with Crippen molar-refractivity contribution >= 4 is 11.8 Å². The first kappa shape index (κ1) is 14.5. The van der Waals surface area contributed by atoms with Gasteiger partial charge in [0.05, 0.1) is 19.2 Å². The summed E-state index contributed by atoms with van der Waals surface area (Å²) in [6.07, 6.45) is 0.572. The molecule has 1 saturated heterocycles. The zero-order chi connectivity index (χ0) is 14.4. The fourth-order valence-corrected chi connectivity index (χ4v) is 2.11. The summed E-state index contributed by atoms with van der Waals surface area (Å²) >= 11 is 0. The van der Waals surface area contributed by atoms with Gasteiger partial charge >= 0.3 is 0 Å². The van der Waals surface area contributed by atoms with Crippen LogP contribution in [0.4, 0.5) is 0 Å². The van der Waals surface area contributed by atoms with Gasteiger partial charge < -0.3 is 15.7 Å². The molecular weight excluding hydrogens is 258 g/mol. The predicted molar refractivity (Wildman–Crippen MR) is 74.0 cm³/mol. The van der Waals surface area contributed by atoms with E-state index in [1.54, 1.807) is 0 Å². The lowest BCUT2D eigenvalue weighted by atomic mass is 10.1. The molecule has 6 nitrogen and oxygen atoms in total. The molecule has 1 heterocycles. The number of hydrogen-bond donors (Lipinski definition) is 4. The van der Waals surface area contributed by atoms with Gasteiger partial charge in [-0.25, -0.2) is 0 Å². The Hall–Kier alpha value is -1.92. The SMILES string of the molecule is O=C1CNC(C(=O)N[C@H](CO)Cc2ccccc2)CN1. The predicted octanol–water partition coefficient (Wildman–Crippen LogP) is -1.21. The molecular formula is C14H19N3O3. The van der Waals surface area contributed by atoms with Crippen LogP contribution in [-0.4, -0.2) is 48.7 Å². The van der Waals surface area contributed by atoms with Crippen molar-refractivity contribution in [3.05, 3.63) is 35.9 Å². The molecule has 0 radical (unpaired) electrons. The van der Waals surface area contributed by atoms with Crippen molar-refractivity contribution in [2.24, 2.45) is 0 Å². The van der Waals surface area contributed by atoms with Gasteiger partial charge in [-0.05, 0) is 12.0 Å². The Kier molecular flexibility index (Phi) is 5.09. The second-order valence-electron chi connectivity index (χ2n) is 4.82. The van der Waals surface area contributed by atoms with Crippen LogP contribution in [0.5, 0.6) is 0 Å². The summed E-state index contributed by atoms with van der Waals surface area (Å²) < 4.78 is 0. The molecule has 1 unspecified atom stereocenters. The first-order valence-electron chi connectivity index (χ1n) is 6.64. The highest BCUT2D eigenvalue weighted by Crippen LogP contribution is 2.03. The Morgan fingerprint density at radius 2 is 2.15 bits per heavy atom. The number of aliphatic hydroxyl groups is 1. The van der Waals surface area contributed by atoms with E-state index >= 15 is 0 Å². The van der Waals surface area contributed by atoms with Crippen LogP contribution in [0.1, 0.15) is 5.56 Å². The number of rotatable bonds is 5. The fourth-order valence-electron chi connectivity index (χ4n) is 2.11. The minimum absolute atomic E-state index is 0.114. The molecule has 1 fully saturated rings. The second kappa shape index (κ2) is 7.02. The second-order valence-corrected chi connectivity index (χ2v) is 4.82. The summed E-state index contributed by atoms with van der Waals surface area (Å²) in [5.74, 6) is -0.322. The van der Waals surface area contributed by atoms with E-state index in [1.165, 1.54) is 0 Å². The Morgan fingerprint density at radius 1 is 1.40 bits per heavy atom. The van der Waals surface area contributed by atoms with E-state index in [1.807, 2.05) is 30.3 Å². The molecule has 0 aliphatic carbocycles. The van der Waals surface area contributed by atoms with E-state index in [4.69, 9.17) is 0 Å². The maximum Gasteiger partial charge on any atom is 0.239 e. The lowest BCUT2D eigenvalue weighted by Gasteiger charge is -2.25. The van der Waals surface area contributed by atoms with Gasteiger partial charge in [-0.15, -0.1) is 0 Å². The molecule has 2 rings (SSSR count). The summed E-state index contributed by atoms with van der Waals surface area (Å²) in [7, 11) is 0. The largest absolute Gasteiger partial charge is 0.394 e. The number of amides is 2. The number of carbonyl (C=O) groups is 2. The molecule has 0 aromatic heterocycles. The number of piperazine rings is 1. The zero-order valence-corrected chi connectivity index (χ0v) is 11.1. The number of aliphatic hydroxyl groups excluding tert-OH is 1. The van der Waals surface area contributed by atoms with Gasteiger partial charge in [-0.2, -0.15) is 0 Å². The third-order valence-corrected chi connectivity index (χ3v) is 3.22. The van der Waals surface area contributed by atoms with Crippen molar-refractivity contribution in [1.82, 2.24) is 16.0 Å². The first-order chi connectivity index (χ1) is 9.69. The Balaban J connectivity index is 1.86. The Labute approximate surface area is 117 Å². The van der Waals surface area contributed by atoms with E-state index in [-0.39, 0.29) is 37.6 Å². The average molecular weight is 277 g/mol. The number of benzene rings is 1. The van der Waals surface area contributed by atoms with Gasteiger partial charge in [0.15, 0.2) is 0 Å². The van der Waals surface area contributed by atoms with E-state index in [0.717, 1.165) is 5.56 Å². The third kappa shape index (κ3) is 4.04. The van der Waals surface area contributed by atoms with E-state index in [2.05, 4.69) is 16.0 Å². The highest BCUT2D eigenvalue weighted by Gasteiger charge is 2.25. The van der Waals surface area contributed by atoms with Crippen LogP contribution >= 0.6 is 0 Å². The maximum atomic E-state index is 12.0. The topological polar surface area (TPSA) is 90.5 Å². The fraction of sp³-hybridized carbons (Fsp3) is 0.429. The molecule has 1 aromatic carbocycles. The monoisotopic (exact) mass is 277 g/mol. The molecule has 20 heavy (non-hydrogen) atoms. The quantitative estimate of drug-likeness (QED) is 0.544. The molecule has 0 spiro atoms. The van der Waals surface area contributed by atoms with Crippen LogP contribution < -0.4 is 16.0 Å². The van der Waals surface area contributed by atoms with Crippen molar-refractivity contribution in [1.29, 1.82) is 0 Å². The molecule has 6 heteroatoms. The van der Waals surface area contributed by atoms with Crippen LogP contribution in [0.25, 0.3) is 0 Å². The summed E-state index contributed by atoms with van der Waals surface area (Å²) in [6.45, 7) is 0.286. The molecule has 0 saturated carbocycles. The van der Waals surface area contributed by atoms with Gasteiger partial charge in [0.2, 0.25) is 11.8 Å². The molecule has 2 atom stereocenters. The van der Waals surface area contributed by atoms with Crippen molar-refractivity contribution < 1.29 is 14.7 Å². The normalized spacial score (nSPS) is 20.1. The van der Waals surface area contributed by atoms with Gasteiger partial charge in [0, 0.05) is 6.54 Å². The molecule has 1 aliphatic heterocycles. The first-order valence-corrected chi connectivity index (χ1v) is 6.64. The van der Waals surface area contributed by atoms with Crippen molar-refractivity contribution in [2.45, 2.75) is 18.5 Å². The highest BCUT2D eigenvalue weighted by atomic mass is 16.3. The third-order valence-electron chi connectivity index (χ3n) is 3.22. The molecule has 4 N–H and O–H groups in total. The lowest BCUT2D eigenvalue weighted by molar-refractivity contribution is -0.127. The van der Waals surface area contributed by atoms with Gasteiger partial charge in [0.1, 0.15) is 6.04 Å². The zero-order valence-electron chi connectivity index (χ0n) is 11.1. The molecule has 108 valence electrons. The number of carbonyl (C=O) groups excluding carboxylic acids is 2. The van der Waals surface area contributed by atoms with Gasteiger partial charge in [-0.3, -0.25) is 14.9 Å². The minimum Gasteiger partial charge on any atom is -0.394 e. The van der Waals surface area contributed by atoms with Crippen molar-refractivity contribution in [3.8, 4) is 0 Å². The van der Waals surface area contributed by atoms with Crippen LogP contribution in [0.3, 0.4) is 0 Å². The molecule has 1 aromatic rings. The van der Waals surface area contributed by atoms with Crippen LogP contribution in [0.2, 0.25) is 0 Å². The minimum atomic E-state index is -0.447. The van der Waals surface area contributed by atoms with Gasteiger partial charge in [-0.1, -0.05) is 30.3 Å². The van der Waals surface area contributed by atoms with Crippen LogP contribution in [0, 0.1) is 0 Å². The van der Waals surface area contributed by atoms with Crippen LogP contribution in [0.15, 0.2) is 30.3 Å².